The lowest BCUT2D eigenvalue weighted by atomic mass is 9.90. The van der Waals surface area contributed by atoms with Crippen LogP contribution in [0.5, 0.6) is 0 Å². The topological polar surface area (TPSA) is 30.7 Å². The van der Waals surface area contributed by atoms with E-state index in [1.165, 1.54) is 12.3 Å². The van der Waals surface area contributed by atoms with Gasteiger partial charge in [-0.3, -0.25) is 0 Å². The molecule has 0 saturated carbocycles. The Bertz CT molecular complexity index is 509. The maximum Gasteiger partial charge on any atom is 0.153 e. The number of nitrogens with zero attached hydrogens (tertiary/aromatic N) is 3. The smallest absolute Gasteiger partial charge is 0.153 e. The summed E-state index contributed by atoms with van der Waals surface area (Å²) in [5, 5.41) is 4.41. The van der Waals surface area contributed by atoms with Crippen LogP contribution in [-0.4, -0.2) is 14.8 Å². The summed E-state index contributed by atoms with van der Waals surface area (Å²) in [6.45, 7) is 6.47. The molecule has 2 aromatic heterocycles. The number of halogens is 1. The fourth-order valence-corrected chi connectivity index (χ4v) is 1.51. The fraction of sp³-hybridized carbons (Fsp3) is 0.357. The van der Waals surface area contributed by atoms with E-state index in [4.69, 9.17) is 0 Å². The number of pyridine rings is 1. The SMILES string of the molecule is CC(C)(C)[CH]Cc1ccn(-c2ccc(F)cn2)n1. The van der Waals surface area contributed by atoms with Crippen LogP contribution in [0.15, 0.2) is 30.6 Å². The number of rotatable bonds is 3. The molecule has 0 spiro atoms. The van der Waals surface area contributed by atoms with E-state index in [0.29, 0.717) is 5.82 Å². The van der Waals surface area contributed by atoms with Crippen molar-refractivity contribution in [3.8, 4) is 5.82 Å². The van der Waals surface area contributed by atoms with Crippen LogP contribution in [0, 0.1) is 17.7 Å². The molecule has 0 aromatic carbocycles. The molecule has 0 N–H and O–H groups in total. The van der Waals surface area contributed by atoms with Gasteiger partial charge < -0.3 is 0 Å². The molecular weight excluding hydrogens is 229 g/mol. The van der Waals surface area contributed by atoms with Crippen molar-refractivity contribution in [3.63, 3.8) is 0 Å². The molecule has 0 atom stereocenters. The van der Waals surface area contributed by atoms with E-state index in [9.17, 15) is 4.39 Å². The molecule has 3 nitrogen and oxygen atoms in total. The van der Waals surface area contributed by atoms with Gasteiger partial charge in [-0.25, -0.2) is 14.1 Å². The van der Waals surface area contributed by atoms with Gasteiger partial charge in [-0.05, 0) is 36.5 Å². The molecule has 0 fully saturated rings. The lowest BCUT2D eigenvalue weighted by Gasteiger charge is -2.16. The average Bonchev–Trinajstić information content (AvgIpc) is 2.75. The van der Waals surface area contributed by atoms with Gasteiger partial charge in [0.25, 0.3) is 0 Å². The van der Waals surface area contributed by atoms with Crippen molar-refractivity contribution in [2.45, 2.75) is 27.2 Å². The lowest BCUT2D eigenvalue weighted by Crippen LogP contribution is -2.08. The van der Waals surface area contributed by atoms with Crippen molar-refractivity contribution in [1.29, 1.82) is 0 Å². The monoisotopic (exact) mass is 246 g/mol. The van der Waals surface area contributed by atoms with Crippen molar-refractivity contribution in [2.75, 3.05) is 0 Å². The molecule has 0 bridgehead atoms. The molecule has 2 rings (SSSR count). The van der Waals surface area contributed by atoms with Gasteiger partial charge >= 0.3 is 0 Å². The van der Waals surface area contributed by atoms with Crippen LogP contribution in [-0.2, 0) is 6.42 Å². The predicted molar refractivity (Wildman–Crippen MR) is 68.8 cm³/mol. The molecule has 2 aromatic rings. The second-order valence-corrected chi connectivity index (χ2v) is 5.36. The van der Waals surface area contributed by atoms with Crippen molar-refractivity contribution in [3.05, 3.63) is 48.5 Å². The first-order chi connectivity index (χ1) is 8.44. The first-order valence-corrected chi connectivity index (χ1v) is 5.95. The van der Waals surface area contributed by atoms with Gasteiger partial charge in [0.1, 0.15) is 5.82 Å². The van der Waals surface area contributed by atoms with Crippen LogP contribution >= 0.6 is 0 Å². The summed E-state index contributed by atoms with van der Waals surface area (Å²) in [6.07, 6.45) is 6.07. The molecule has 95 valence electrons. The Balaban J connectivity index is 2.08. The van der Waals surface area contributed by atoms with Crippen LogP contribution in [0.4, 0.5) is 4.39 Å². The minimum atomic E-state index is -0.341. The average molecular weight is 246 g/mol. The molecule has 0 unspecified atom stereocenters. The van der Waals surface area contributed by atoms with Gasteiger partial charge in [-0.2, -0.15) is 5.10 Å². The molecule has 0 saturated heterocycles. The Morgan fingerprint density at radius 2 is 2.06 bits per heavy atom. The van der Waals surface area contributed by atoms with E-state index < -0.39 is 0 Å². The molecule has 4 heteroatoms. The van der Waals surface area contributed by atoms with Crippen molar-refractivity contribution >= 4 is 0 Å². The van der Waals surface area contributed by atoms with E-state index in [2.05, 4.69) is 37.3 Å². The van der Waals surface area contributed by atoms with Crippen LogP contribution < -0.4 is 0 Å². The predicted octanol–water partition coefficient (Wildman–Crippen LogP) is 3.20. The van der Waals surface area contributed by atoms with E-state index in [0.717, 1.165) is 12.1 Å². The highest BCUT2D eigenvalue weighted by molar-refractivity contribution is 5.22. The summed E-state index contributed by atoms with van der Waals surface area (Å²) in [5.41, 5.74) is 1.16. The van der Waals surface area contributed by atoms with Gasteiger partial charge in [0, 0.05) is 6.20 Å². The summed E-state index contributed by atoms with van der Waals surface area (Å²) in [6, 6.07) is 4.94. The second kappa shape index (κ2) is 4.88. The zero-order valence-corrected chi connectivity index (χ0v) is 10.9. The maximum atomic E-state index is 12.8. The van der Waals surface area contributed by atoms with Crippen LogP contribution in [0.25, 0.3) is 5.82 Å². The minimum absolute atomic E-state index is 0.178. The van der Waals surface area contributed by atoms with Crippen molar-refractivity contribution < 1.29 is 4.39 Å². The summed E-state index contributed by atoms with van der Waals surface area (Å²) in [4.78, 5) is 3.99. The molecule has 0 aliphatic carbocycles. The molecule has 18 heavy (non-hydrogen) atoms. The maximum absolute atomic E-state index is 12.8. The Hall–Kier alpha value is -1.71. The summed E-state index contributed by atoms with van der Waals surface area (Å²) in [7, 11) is 0. The number of aromatic nitrogens is 3. The Kier molecular flexibility index (Phi) is 3.45. The number of hydrogen-bond acceptors (Lipinski definition) is 2. The summed E-state index contributed by atoms with van der Waals surface area (Å²) in [5.74, 6) is 0.283. The quantitative estimate of drug-likeness (QED) is 0.832. The highest BCUT2D eigenvalue weighted by Gasteiger charge is 2.12. The summed E-state index contributed by atoms with van der Waals surface area (Å²) >= 11 is 0. The van der Waals surface area contributed by atoms with E-state index in [-0.39, 0.29) is 11.2 Å². The highest BCUT2D eigenvalue weighted by Crippen LogP contribution is 2.19. The number of hydrogen-bond donors (Lipinski definition) is 0. The Labute approximate surface area is 107 Å². The van der Waals surface area contributed by atoms with Gasteiger partial charge in [0.05, 0.1) is 11.9 Å². The largest absolute Gasteiger partial charge is 0.234 e. The Morgan fingerprint density at radius 1 is 1.28 bits per heavy atom. The lowest BCUT2D eigenvalue weighted by molar-refractivity contribution is 0.481. The molecule has 0 aliphatic heterocycles. The van der Waals surface area contributed by atoms with E-state index >= 15 is 0 Å². The third kappa shape index (κ3) is 3.39. The normalized spacial score (nSPS) is 11.8. The third-order valence-electron chi connectivity index (χ3n) is 2.51. The van der Waals surface area contributed by atoms with Gasteiger partial charge in [0.15, 0.2) is 5.82 Å². The van der Waals surface area contributed by atoms with E-state index in [1.54, 1.807) is 10.7 Å². The van der Waals surface area contributed by atoms with Crippen LogP contribution in [0.3, 0.4) is 0 Å². The van der Waals surface area contributed by atoms with Gasteiger partial charge in [0.2, 0.25) is 0 Å². The minimum Gasteiger partial charge on any atom is -0.234 e. The molecule has 0 amide bonds. The van der Waals surface area contributed by atoms with Gasteiger partial charge in [-0.15, -0.1) is 0 Å². The molecular formula is C14H17FN3. The van der Waals surface area contributed by atoms with Crippen LogP contribution in [0.1, 0.15) is 26.5 Å². The standard InChI is InChI=1S/C14H17FN3/c1-14(2,3)8-6-12-7-9-18(17-12)13-5-4-11(15)10-16-13/h4-5,7-10H,6H2,1-3H3. The van der Waals surface area contributed by atoms with Crippen molar-refractivity contribution in [1.82, 2.24) is 14.8 Å². The van der Waals surface area contributed by atoms with Gasteiger partial charge in [-0.1, -0.05) is 20.8 Å². The zero-order valence-electron chi connectivity index (χ0n) is 10.9. The molecule has 0 aliphatic rings. The zero-order chi connectivity index (χ0) is 13.2. The van der Waals surface area contributed by atoms with Crippen LogP contribution in [0.2, 0.25) is 0 Å². The first-order valence-electron chi connectivity index (χ1n) is 5.95. The van der Waals surface area contributed by atoms with Crippen molar-refractivity contribution in [2.24, 2.45) is 5.41 Å². The molecule has 1 radical (unpaired) electrons. The first kappa shape index (κ1) is 12.7. The second-order valence-electron chi connectivity index (χ2n) is 5.36. The fourth-order valence-electron chi connectivity index (χ4n) is 1.51. The third-order valence-corrected chi connectivity index (χ3v) is 2.51. The highest BCUT2D eigenvalue weighted by atomic mass is 19.1. The Morgan fingerprint density at radius 3 is 2.67 bits per heavy atom. The summed E-state index contributed by atoms with van der Waals surface area (Å²) < 4.78 is 14.4. The molecule has 2 heterocycles. The van der Waals surface area contributed by atoms with E-state index in [1.807, 2.05) is 12.3 Å².